The minimum absolute atomic E-state index is 0.157. The molecule has 0 spiro atoms. The number of fused-ring (bicyclic) bond motifs is 1. The molecular weight excluding hydrogens is 334 g/mol. The molecule has 1 fully saturated rings. The Bertz CT molecular complexity index is 902. The lowest BCUT2D eigenvalue weighted by atomic mass is 9.87. The molecule has 0 bridgehead atoms. The first-order valence-electron chi connectivity index (χ1n) is 9.12. The van der Waals surface area contributed by atoms with E-state index in [1.165, 1.54) is 4.57 Å². The number of carbonyl (C=O) groups is 1. The van der Waals surface area contributed by atoms with Gasteiger partial charge in [-0.05, 0) is 37.9 Å². The molecule has 0 saturated carbocycles. The van der Waals surface area contributed by atoms with Crippen LogP contribution < -0.4 is 11.2 Å². The van der Waals surface area contributed by atoms with Crippen LogP contribution >= 0.6 is 0 Å². The predicted molar refractivity (Wildman–Crippen MR) is 99.2 cm³/mol. The van der Waals surface area contributed by atoms with Gasteiger partial charge in [0.05, 0.1) is 23.4 Å². The number of piperidine rings is 1. The third-order valence-corrected chi connectivity index (χ3v) is 5.16. The van der Waals surface area contributed by atoms with Gasteiger partial charge in [0.2, 0.25) is 0 Å². The molecule has 1 aliphatic rings. The lowest BCUT2D eigenvalue weighted by molar-refractivity contribution is -0.152. The number of ether oxygens (including phenoxy) is 1. The molecular formula is C19H25N3O4. The molecule has 0 aliphatic carbocycles. The molecule has 1 N–H and O–H groups in total. The summed E-state index contributed by atoms with van der Waals surface area (Å²) >= 11 is 0. The molecule has 0 unspecified atom stereocenters. The maximum atomic E-state index is 12.6. The zero-order valence-electron chi connectivity index (χ0n) is 15.2. The SMILES string of the molecule is CCOC(=O)[C@@H]1CN(CCn2c(=O)[nH]c3ccccc3c2=O)CC[C@@H]1C. The van der Waals surface area contributed by atoms with Gasteiger partial charge in [-0.1, -0.05) is 19.1 Å². The van der Waals surface area contributed by atoms with E-state index in [2.05, 4.69) is 16.8 Å². The highest BCUT2D eigenvalue weighted by atomic mass is 16.5. The van der Waals surface area contributed by atoms with Crippen molar-refractivity contribution in [3.8, 4) is 0 Å². The number of likely N-dealkylation sites (tertiary alicyclic amines) is 1. The fourth-order valence-corrected chi connectivity index (χ4v) is 3.54. The normalized spacial score (nSPS) is 21.0. The Morgan fingerprint density at radius 1 is 1.27 bits per heavy atom. The van der Waals surface area contributed by atoms with E-state index in [0.29, 0.717) is 37.1 Å². The van der Waals surface area contributed by atoms with Crippen LogP contribution in [-0.4, -0.2) is 46.7 Å². The standard InChI is InChI=1S/C19H25N3O4/c1-3-26-18(24)15-12-21(9-8-13(15)2)10-11-22-17(23)14-6-4-5-7-16(14)20-19(22)25/h4-7,13,15H,3,8-12H2,1-2H3,(H,20,25)/t13-,15+/m0/s1. The monoisotopic (exact) mass is 359 g/mol. The van der Waals surface area contributed by atoms with Crippen molar-refractivity contribution in [3.05, 3.63) is 45.1 Å². The number of aromatic nitrogens is 2. The van der Waals surface area contributed by atoms with Crippen molar-refractivity contribution < 1.29 is 9.53 Å². The average Bonchev–Trinajstić information content (AvgIpc) is 2.63. The van der Waals surface area contributed by atoms with Crippen LogP contribution in [0.1, 0.15) is 20.3 Å². The topological polar surface area (TPSA) is 84.4 Å². The summed E-state index contributed by atoms with van der Waals surface area (Å²) < 4.78 is 6.41. The summed E-state index contributed by atoms with van der Waals surface area (Å²) in [5.74, 6) is -0.0437. The maximum Gasteiger partial charge on any atom is 0.328 e. The summed E-state index contributed by atoms with van der Waals surface area (Å²) in [5.41, 5.74) is -0.134. The fraction of sp³-hybridized carbons (Fsp3) is 0.526. The Labute approximate surface area is 151 Å². The molecule has 7 nitrogen and oxygen atoms in total. The van der Waals surface area contributed by atoms with E-state index in [1.807, 2.05) is 6.92 Å². The average molecular weight is 359 g/mol. The van der Waals surface area contributed by atoms with Crippen LogP contribution in [-0.2, 0) is 16.1 Å². The van der Waals surface area contributed by atoms with Gasteiger partial charge in [-0.2, -0.15) is 0 Å². The van der Waals surface area contributed by atoms with Crippen LogP contribution in [0.25, 0.3) is 10.9 Å². The summed E-state index contributed by atoms with van der Waals surface area (Å²) in [4.78, 5) is 41.8. The fourth-order valence-electron chi connectivity index (χ4n) is 3.54. The number of hydrogen-bond donors (Lipinski definition) is 1. The van der Waals surface area contributed by atoms with Crippen molar-refractivity contribution in [2.24, 2.45) is 11.8 Å². The Morgan fingerprint density at radius 2 is 2.04 bits per heavy atom. The van der Waals surface area contributed by atoms with Crippen LogP contribution in [0.3, 0.4) is 0 Å². The van der Waals surface area contributed by atoms with Crippen molar-refractivity contribution >= 4 is 16.9 Å². The van der Waals surface area contributed by atoms with Crippen molar-refractivity contribution in [2.45, 2.75) is 26.8 Å². The number of rotatable bonds is 5. The van der Waals surface area contributed by atoms with Gasteiger partial charge in [0.25, 0.3) is 5.56 Å². The highest BCUT2D eigenvalue weighted by Gasteiger charge is 2.32. The Hall–Kier alpha value is -2.41. The van der Waals surface area contributed by atoms with Gasteiger partial charge >= 0.3 is 11.7 Å². The van der Waals surface area contributed by atoms with Crippen LogP contribution in [0, 0.1) is 11.8 Å². The van der Waals surface area contributed by atoms with E-state index in [0.717, 1.165) is 13.0 Å². The van der Waals surface area contributed by atoms with Crippen molar-refractivity contribution in [1.82, 2.24) is 14.5 Å². The number of aromatic amines is 1. The summed E-state index contributed by atoms with van der Waals surface area (Å²) in [7, 11) is 0. The second kappa shape index (κ2) is 7.86. The predicted octanol–water partition coefficient (Wildman–Crippen LogP) is 1.21. The molecule has 2 atom stereocenters. The molecule has 7 heteroatoms. The number of hydrogen-bond acceptors (Lipinski definition) is 5. The van der Waals surface area contributed by atoms with Crippen molar-refractivity contribution in [2.75, 3.05) is 26.2 Å². The molecule has 140 valence electrons. The molecule has 1 saturated heterocycles. The van der Waals surface area contributed by atoms with E-state index < -0.39 is 5.69 Å². The quantitative estimate of drug-likeness (QED) is 0.811. The summed E-state index contributed by atoms with van der Waals surface area (Å²) in [6.45, 7) is 6.54. The number of carbonyl (C=O) groups excluding carboxylic acids is 1. The van der Waals surface area contributed by atoms with E-state index >= 15 is 0 Å². The molecule has 1 aromatic carbocycles. The molecule has 3 rings (SSSR count). The van der Waals surface area contributed by atoms with Gasteiger partial charge < -0.3 is 14.6 Å². The number of benzene rings is 1. The number of nitrogens with zero attached hydrogens (tertiary/aromatic N) is 2. The third kappa shape index (κ3) is 3.72. The van der Waals surface area contributed by atoms with Gasteiger partial charge in [-0.25, -0.2) is 4.79 Å². The number of nitrogens with one attached hydrogen (secondary N) is 1. The van der Waals surface area contributed by atoms with E-state index in [-0.39, 0.29) is 23.4 Å². The molecule has 26 heavy (non-hydrogen) atoms. The number of para-hydroxylation sites is 1. The first kappa shape index (κ1) is 18.4. The summed E-state index contributed by atoms with van der Waals surface area (Å²) in [6.07, 6.45) is 0.895. The lowest BCUT2D eigenvalue weighted by Crippen LogP contribution is -2.46. The lowest BCUT2D eigenvalue weighted by Gasteiger charge is -2.35. The van der Waals surface area contributed by atoms with Gasteiger partial charge in [0.1, 0.15) is 0 Å². The van der Waals surface area contributed by atoms with Crippen LogP contribution in [0.15, 0.2) is 33.9 Å². The minimum atomic E-state index is -0.402. The summed E-state index contributed by atoms with van der Waals surface area (Å²) in [5, 5.41) is 0.503. The maximum absolute atomic E-state index is 12.6. The van der Waals surface area contributed by atoms with E-state index in [9.17, 15) is 14.4 Å². The highest BCUT2D eigenvalue weighted by Crippen LogP contribution is 2.24. The molecule has 1 aromatic heterocycles. The zero-order chi connectivity index (χ0) is 18.7. The molecule has 2 aromatic rings. The molecule has 0 radical (unpaired) electrons. The second-order valence-corrected chi connectivity index (χ2v) is 6.86. The number of esters is 1. The Morgan fingerprint density at radius 3 is 2.81 bits per heavy atom. The van der Waals surface area contributed by atoms with Gasteiger partial charge in [0.15, 0.2) is 0 Å². The largest absolute Gasteiger partial charge is 0.466 e. The smallest absolute Gasteiger partial charge is 0.328 e. The molecule has 2 heterocycles. The van der Waals surface area contributed by atoms with Crippen molar-refractivity contribution in [3.63, 3.8) is 0 Å². The Kier molecular flexibility index (Phi) is 5.56. The molecule has 1 aliphatic heterocycles. The first-order valence-corrected chi connectivity index (χ1v) is 9.12. The summed E-state index contributed by atoms with van der Waals surface area (Å²) in [6, 6.07) is 7.00. The van der Waals surface area contributed by atoms with Crippen LogP contribution in [0.2, 0.25) is 0 Å². The van der Waals surface area contributed by atoms with Gasteiger partial charge in [-0.15, -0.1) is 0 Å². The highest BCUT2D eigenvalue weighted by molar-refractivity contribution is 5.76. The number of H-pyrrole nitrogens is 1. The molecule has 0 amide bonds. The Balaban J connectivity index is 1.73. The second-order valence-electron chi connectivity index (χ2n) is 6.86. The van der Waals surface area contributed by atoms with E-state index in [4.69, 9.17) is 4.74 Å². The van der Waals surface area contributed by atoms with E-state index in [1.54, 1.807) is 24.3 Å². The third-order valence-electron chi connectivity index (χ3n) is 5.16. The van der Waals surface area contributed by atoms with Crippen molar-refractivity contribution in [1.29, 1.82) is 0 Å². The van der Waals surface area contributed by atoms with Gasteiger partial charge in [0, 0.05) is 19.6 Å². The first-order chi connectivity index (χ1) is 12.5. The van der Waals surface area contributed by atoms with Crippen LogP contribution in [0.5, 0.6) is 0 Å². The minimum Gasteiger partial charge on any atom is -0.466 e. The van der Waals surface area contributed by atoms with Gasteiger partial charge in [-0.3, -0.25) is 14.2 Å². The zero-order valence-corrected chi connectivity index (χ0v) is 15.2. The van der Waals surface area contributed by atoms with Crippen LogP contribution in [0.4, 0.5) is 0 Å².